The van der Waals surface area contributed by atoms with Gasteiger partial charge in [0.05, 0.1) is 24.2 Å². The standard InChI is InChI=1S/C21H19ClFN3O5S/c22-15-6-8-19(9-7-15)32(29,30)25-13-21(28)26(17-4-1-3-16(23)11-17)14-20(27)24-12-18-5-2-10-31-18/h1-11,25H,12-14H2,(H,24,27). The summed E-state index contributed by atoms with van der Waals surface area (Å²) in [6.45, 7) is -1.00. The summed E-state index contributed by atoms with van der Waals surface area (Å²) in [6.07, 6.45) is 1.46. The zero-order valence-corrected chi connectivity index (χ0v) is 18.2. The van der Waals surface area contributed by atoms with E-state index < -0.39 is 40.7 Å². The van der Waals surface area contributed by atoms with Crippen LogP contribution >= 0.6 is 11.6 Å². The highest BCUT2D eigenvalue weighted by molar-refractivity contribution is 7.89. The second-order valence-corrected chi connectivity index (χ2v) is 8.80. The maximum Gasteiger partial charge on any atom is 0.242 e. The lowest BCUT2D eigenvalue weighted by molar-refractivity contribution is -0.123. The normalized spacial score (nSPS) is 11.2. The fourth-order valence-electron chi connectivity index (χ4n) is 2.72. The van der Waals surface area contributed by atoms with Crippen LogP contribution in [0.4, 0.5) is 10.1 Å². The average molecular weight is 480 g/mol. The second kappa shape index (κ2) is 10.4. The van der Waals surface area contributed by atoms with Gasteiger partial charge in [0.15, 0.2) is 0 Å². The first-order valence-electron chi connectivity index (χ1n) is 9.35. The topological polar surface area (TPSA) is 109 Å². The Morgan fingerprint density at radius 1 is 1.06 bits per heavy atom. The highest BCUT2D eigenvalue weighted by Gasteiger charge is 2.22. The number of carbonyl (C=O) groups is 2. The number of hydrogen-bond acceptors (Lipinski definition) is 5. The number of amides is 2. The molecule has 0 unspecified atom stereocenters. The van der Waals surface area contributed by atoms with Gasteiger partial charge in [0.2, 0.25) is 21.8 Å². The van der Waals surface area contributed by atoms with Crippen LogP contribution in [0.5, 0.6) is 0 Å². The highest BCUT2D eigenvalue weighted by Crippen LogP contribution is 2.17. The van der Waals surface area contributed by atoms with Crippen molar-refractivity contribution in [1.29, 1.82) is 0 Å². The van der Waals surface area contributed by atoms with Crippen LogP contribution in [0.25, 0.3) is 0 Å². The smallest absolute Gasteiger partial charge is 0.242 e. The van der Waals surface area contributed by atoms with E-state index in [0.717, 1.165) is 11.0 Å². The Hall–Kier alpha value is -3.21. The highest BCUT2D eigenvalue weighted by atomic mass is 35.5. The molecular formula is C21H19ClFN3O5S. The van der Waals surface area contributed by atoms with Crippen molar-refractivity contribution in [1.82, 2.24) is 10.0 Å². The predicted octanol–water partition coefficient (Wildman–Crippen LogP) is 2.70. The van der Waals surface area contributed by atoms with Gasteiger partial charge in [-0.15, -0.1) is 0 Å². The van der Waals surface area contributed by atoms with E-state index >= 15 is 0 Å². The number of benzene rings is 2. The fourth-order valence-corrected chi connectivity index (χ4v) is 3.82. The quantitative estimate of drug-likeness (QED) is 0.490. The molecular weight excluding hydrogens is 461 g/mol. The van der Waals surface area contributed by atoms with Crippen LogP contribution in [0, 0.1) is 5.82 Å². The van der Waals surface area contributed by atoms with Gasteiger partial charge < -0.3 is 14.6 Å². The lowest BCUT2D eigenvalue weighted by Gasteiger charge is -2.22. The van der Waals surface area contributed by atoms with Crippen molar-refractivity contribution in [3.8, 4) is 0 Å². The summed E-state index contributed by atoms with van der Waals surface area (Å²) in [5.41, 5.74) is 0.105. The molecule has 0 aliphatic carbocycles. The molecule has 0 saturated carbocycles. The van der Waals surface area contributed by atoms with Gasteiger partial charge in [-0.25, -0.2) is 17.5 Å². The molecule has 0 radical (unpaired) electrons. The van der Waals surface area contributed by atoms with E-state index in [2.05, 4.69) is 10.0 Å². The molecule has 0 aliphatic rings. The first kappa shape index (κ1) is 23.5. The van der Waals surface area contributed by atoms with E-state index in [4.69, 9.17) is 16.0 Å². The molecule has 8 nitrogen and oxygen atoms in total. The van der Waals surface area contributed by atoms with Crippen LogP contribution in [0.2, 0.25) is 5.02 Å². The Labute approximate surface area is 189 Å². The molecule has 0 bridgehead atoms. The van der Waals surface area contributed by atoms with Crippen molar-refractivity contribution in [2.24, 2.45) is 0 Å². The van der Waals surface area contributed by atoms with Crippen LogP contribution in [0.1, 0.15) is 5.76 Å². The van der Waals surface area contributed by atoms with Crippen LogP contribution in [0.15, 0.2) is 76.2 Å². The number of furan rings is 1. The molecule has 3 aromatic rings. The third kappa shape index (κ3) is 6.39. The van der Waals surface area contributed by atoms with Gasteiger partial charge in [-0.1, -0.05) is 17.7 Å². The summed E-state index contributed by atoms with van der Waals surface area (Å²) in [4.78, 5) is 26.1. The second-order valence-electron chi connectivity index (χ2n) is 6.59. The first-order chi connectivity index (χ1) is 15.2. The third-order valence-corrected chi connectivity index (χ3v) is 5.97. The van der Waals surface area contributed by atoms with Gasteiger partial charge in [-0.3, -0.25) is 9.59 Å². The SMILES string of the molecule is O=C(CN(C(=O)CNS(=O)(=O)c1ccc(Cl)cc1)c1cccc(F)c1)NCc1ccco1. The summed E-state index contributed by atoms with van der Waals surface area (Å²) in [7, 11) is -4.01. The molecule has 2 N–H and O–H groups in total. The Kier molecular flexibility index (Phi) is 7.62. The van der Waals surface area contributed by atoms with Gasteiger partial charge in [0, 0.05) is 10.7 Å². The number of hydrogen-bond donors (Lipinski definition) is 2. The molecule has 0 spiro atoms. The third-order valence-electron chi connectivity index (χ3n) is 4.30. The molecule has 0 atom stereocenters. The van der Waals surface area contributed by atoms with Gasteiger partial charge >= 0.3 is 0 Å². The summed E-state index contributed by atoms with van der Waals surface area (Å²) in [5, 5.41) is 2.95. The molecule has 2 aromatic carbocycles. The molecule has 2 amide bonds. The van der Waals surface area contributed by atoms with E-state index in [1.54, 1.807) is 12.1 Å². The zero-order valence-electron chi connectivity index (χ0n) is 16.6. The summed E-state index contributed by atoms with van der Waals surface area (Å²) < 4.78 is 45.9. The van der Waals surface area contributed by atoms with Crippen molar-refractivity contribution in [3.63, 3.8) is 0 Å². The number of sulfonamides is 1. The number of anilines is 1. The van der Waals surface area contributed by atoms with E-state index in [9.17, 15) is 22.4 Å². The monoisotopic (exact) mass is 479 g/mol. The molecule has 1 aromatic heterocycles. The molecule has 0 aliphatic heterocycles. The Bertz CT molecular complexity index is 1180. The van der Waals surface area contributed by atoms with Crippen molar-refractivity contribution in [3.05, 3.63) is 83.5 Å². The Morgan fingerprint density at radius 2 is 1.81 bits per heavy atom. The van der Waals surface area contributed by atoms with E-state index in [0.29, 0.717) is 10.8 Å². The number of nitrogens with one attached hydrogen (secondary N) is 2. The predicted molar refractivity (Wildman–Crippen MR) is 116 cm³/mol. The zero-order chi connectivity index (χ0) is 23.1. The van der Waals surface area contributed by atoms with E-state index in [1.165, 1.54) is 48.7 Å². The van der Waals surface area contributed by atoms with Crippen molar-refractivity contribution < 1.29 is 26.8 Å². The maximum absolute atomic E-state index is 13.7. The minimum Gasteiger partial charge on any atom is -0.467 e. The van der Waals surface area contributed by atoms with Gasteiger partial charge in [0.25, 0.3) is 0 Å². The lowest BCUT2D eigenvalue weighted by atomic mass is 10.2. The minimum atomic E-state index is -4.01. The van der Waals surface area contributed by atoms with Gasteiger partial charge in [0.1, 0.15) is 18.1 Å². The lowest BCUT2D eigenvalue weighted by Crippen LogP contribution is -2.45. The van der Waals surface area contributed by atoms with Crippen LogP contribution in [0.3, 0.4) is 0 Å². The number of carbonyl (C=O) groups excluding carboxylic acids is 2. The van der Waals surface area contributed by atoms with Crippen molar-refractivity contribution in [2.75, 3.05) is 18.0 Å². The van der Waals surface area contributed by atoms with Crippen molar-refractivity contribution >= 4 is 39.1 Å². The van der Waals surface area contributed by atoms with Crippen molar-refractivity contribution in [2.45, 2.75) is 11.4 Å². The van der Waals surface area contributed by atoms with Gasteiger partial charge in [-0.2, -0.15) is 0 Å². The Morgan fingerprint density at radius 3 is 2.47 bits per heavy atom. The van der Waals surface area contributed by atoms with Gasteiger partial charge in [-0.05, 0) is 54.6 Å². The number of rotatable bonds is 9. The number of nitrogens with zero attached hydrogens (tertiary/aromatic N) is 1. The summed E-state index contributed by atoms with van der Waals surface area (Å²) >= 11 is 5.77. The first-order valence-corrected chi connectivity index (χ1v) is 11.2. The average Bonchev–Trinajstić information content (AvgIpc) is 3.28. The van der Waals surface area contributed by atoms with E-state index in [-0.39, 0.29) is 17.1 Å². The summed E-state index contributed by atoms with van der Waals surface area (Å²) in [5.74, 6) is -1.39. The molecule has 0 fully saturated rings. The molecule has 32 heavy (non-hydrogen) atoms. The largest absolute Gasteiger partial charge is 0.467 e. The van der Waals surface area contributed by atoms with E-state index in [1.807, 2.05) is 0 Å². The molecule has 11 heteroatoms. The molecule has 1 heterocycles. The fraction of sp³-hybridized carbons (Fsp3) is 0.143. The maximum atomic E-state index is 13.7. The summed E-state index contributed by atoms with van der Waals surface area (Å²) in [6, 6.07) is 13.8. The van der Waals surface area contributed by atoms with Crippen LogP contribution < -0.4 is 14.9 Å². The minimum absolute atomic E-state index is 0.0804. The molecule has 168 valence electrons. The molecule has 0 saturated heterocycles. The Balaban J connectivity index is 1.71. The number of halogens is 2. The molecule has 3 rings (SSSR count). The van der Waals surface area contributed by atoms with Crippen LogP contribution in [-0.4, -0.2) is 33.3 Å². The van der Waals surface area contributed by atoms with Crippen LogP contribution in [-0.2, 0) is 26.2 Å².